The summed E-state index contributed by atoms with van der Waals surface area (Å²) in [7, 11) is 0. The summed E-state index contributed by atoms with van der Waals surface area (Å²) >= 11 is 8.70. The van der Waals surface area contributed by atoms with Crippen LogP contribution >= 0.6 is 25.3 Å². The number of carbonyl (C=O) groups is 2. The Morgan fingerprint density at radius 1 is 0.636 bits per heavy atom. The molecule has 112 valence electrons. The molecule has 2 aromatic carbocycles. The largest absolute Gasteiger partial charge is 0.288 e. The van der Waals surface area contributed by atoms with Gasteiger partial charge in [-0.2, -0.15) is 0 Å². The number of hydrogen-bond donors (Lipinski definition) is 2. The quantitative estimate of drug-likeness (QED) is 0.831. The van der Waals surface area contributed by atoms with E-state index in [1.165, 1.54) is 9.80 Å². The van der Waals surface area contributed by atoms with Gasteiger partial charge in [-0.05, 0) is 24.3 Å². The Hall–Kier alpha value is -1.92. The van der Waals surface area contributed by atoms with E-state index >= 15 is 0 Å². The van der Waals surface area contributed by atoms with Gasteiger partial charge in [-0.15, -0.1) is 25.3 Å². The summed E-state index contributed by atoms with van der Waals surface area (Å²) in [6.07, 6.45) is 0. The van der Waals surface area contributed by atoms with Gasteiger partial charge in [-0.25, -0.2) is 0 Å². The second kappa shape index (κ2) is 6.06. The van der Waals surface area contributed by atoms with Crippen molar-refractivity contribution in [2.75, 3.05) is 9.80 Å². The minimum absolute atomic E-state index is 0.280. The zero-order valence-corrected chi connectivity index (χ0v) is 13.3. The summed E-state index contributed by atoms with van der Waals surface area (Å²) in [5, 5.41) is -1.75. The minimum Gasteiger partial charge on any atom is -0.288 e. The first-order chi connectivity index (χ1) is 10.6. The highest BCUT2D eigenvalue weighted by Crippen LogP contribution is 2.31. The highest BCUT2D eigenvalue weighted by molar-refractivity contribution is 7.83. The van der Waals surface area contributed by atoms with E-state index < -0.39 is 10.7 Å². The molecule has 1 saturated heterocycles. The summed E-state index contributed by atoms with van der Waals surface area (Å²) in [5.74, 6) is -0.559. The number of hydrogen-bond acceptors (Lipinski definition) is 4. The molecule has 2 atom stereocenters. The molecule has 0 radical (unpaired) electrons. The molecule has 1 fully saturated rings. The molecular formula is C16H14N2O2S2. The average Bonchev–Trinajstić information content (AvgIpc) is 2.55. The molecule has 0 bridgehead atoms. The van der Waals surface area contributed by atoms with Crippen molar-refractivity contribution < 1.29 is 9.59 Å². The Morgan fingerprint density at radius 3 is 1.27 bits per heavy atom. The van der Waals surface area contributed by atoms with E-state index in [4.69, 9.17) is 0 Å². The number of piperazine rings is 1. The predicted molar refractivity (Wildman–Crippen MR) is 93.4 cm³/mol. The molecule has 0 saturated carbocycles. The van der Waals surface area contributed by atoms with Gasteiger partial charge in [0, 0.05) is 11.4 Å². The van der Waals surface area contributed by atoms with Gasteiger partial charge in [0.2, 0.25) is 0 Å². The average molecular weight is 330 g/mol. The number of amides is 2. The molecule has 2 aromatic rings. The van der Waals surface area contributed by atoms with Crippen molar-refractivity contribution in [2.45, 2.75) is 10.7 Å². The number of para-hydroxylation sites is 2. The first-order valence-electron chi connectivity index (χ1n) is 6.73. The van der Waals surface area contributed by atoms with Crippen molar-refractivity contribution >= 4 is 48.4 Å². The van der Waals surface area contributed by atoms with Gasteiger partial charge >= 0.3 is 0 Å². The molecule has 3 rings (SSSR count). The summed E-state index contributed by atoms with van der Waals surface area (Å²) in [4.78, 5) is 28.1. The lowest BCUT2D eigenvalue weighted by Gasteiger charge is -2.41. The van der Waals surface area contributed by atoms with Crippen LogP contribution in [0.2, 0.25) is 0 Å². The number of thiol groups is 2. The maximum atomic E-state index is 12.7. The van der Waals surface area contributed by atoms with E-state index in [0.29, 0.717) is 11.4 Å². The maximum Gasteiger partial charge on any atom is 0.261 e. The molecule has 0 aromatic heterocycles. The van der Waals surface area contributed by atoms with Crippen LogP contribution in [0.25, 0.3) is 0 Å². The molecule has 2 amide bonds. The van der Waals surface area contributed by atoms with E-state index in [-0.39, 0.29) is 11.8 Å². The van der Waals surface area contributed by atoms with Gasteiger partial charge < -0.3 is 0 Å². The molecule has 4 nitrogen and oxygen atoms in total. The van der Waals surface area contributed by atoms with Crippen LogP contribution in [0.1, 0.15) is 0 Å². The van der Waals surface area contributed by atoms with Gasteiger partial charge in [-0.1, -0.05) is 36.4 Å². The van der Waals surface area contributed by atoms with Crippen molar-refractivity contribution in [3.8, 4) is 0 Å². The van der Waals surface area contributed by atoms with Crippen molar-refractivity contribution in [3.63, 3.8) is 0 Å². The lowest BCUT2D eigenvalue weighted by Crippen LogP contribution is -2.62. The molecule has 0 aliphatic carbocycles. The van der Waals surface area contributed by atoms with Gasteiger partial charge in [0.1, 0.15) is 0 Å². The van der Waals surface area contributed by atoms with Crippen LogP contribution in [-0.2, 0) is 9.59 Å². The monoisotopic (exact) mass is 330 g/mol. The second-order valence-corrected chi connectivity index (χ2v) is 5.81. The fourth-order valence-electron chi connectivity index (χ4n) is 2.42. The Bertz CT molecular complexity index is 632. The fourth-order valence-corrected chi connectivity index (χ4v) is 3.17. The van der Waals surface area contributed by atoms with E-state index in [1.807, 2.05) is 36.4 Å². The topological polar surface area (TPSA) is 40.6 Å². The van der Waals surface area contributed by atoms with E-state index in [9.17, 15) is 9.59 Å². The molecule has 22 heavy (non-hydrogen) atoms. The van der Waals surface area contributed by atoms with Crippen LogP contribution in [0, 0.1) is 0 Å². The van der Waals surface area contributed by atoms with Crippen LogP contribution in [-0.4, -0.2) is 22.6 Å². The van der Waals surface area contributed by atoms with Crippen LogP contribution < -0.4 is 9.80 Å². The molecule has 1 aliphatic heterocycles. The Labute approximate surface area is 139 Å². The van der Waals surface area contributed by atoms with Crippen LogP contribution in [0.3, 0.4) is 0 Å². The molecule has 0 spiro atoms. The van der Waals surface area contributed by atoms with E-state index in [2.05, 4.69) is 25.3 Å². The SMILES string of the molecule is O=C1C(S)N(c2ccccc2)C(=O)C(S)N1c1ccccc1. The third-order valence-electron chi connectivity index (χ3n) is 3.47. The highest BCUT2D eigenvalue weighted by Gasteiger charge is 2.44. The van der Waals surface area contributed by atoms with Crippen LogP contribution in [0.15, 0.2) is 60.7 Å². The zero-order valence-electron chi connectivity index (χ0n) is 11.5. The van der Waals surface area contributed by atoms with Gasteiger partial charge in [-0.3, -0.25) is 19.4 Å². The first kappa shape index (κ1) is 15.0. The number of nitrogens with zero attached hydrogens (tertiary/aromatic N) is 2. The van der Waals surface area contributed by atoms with Crippen LogP contribution in [0.4, 0.5) is 11.4 Å². The van der Waals surface area contributed by atoms with Gasteiger partial charge in [0.25, 0.3) is 11.8 Å². The van der Waals surface area contributed by atoms with Crippen molar-refractivity contribution in [1.82, 2.24) is 0 Å². The molecule has 2 unspecified atom stereocenters. The maximum absolute atomic E-state index is 12.7. The van der Waals surface area contributed by atoms with E-state index in [1.54, 1.807) is 24.3 Å². The lowest BCUT2D eigenvalue weighted by atomic mass is 10.2. The summed E-state index contributed by atoms with van der Waals surface area (Å²) in [5.41, 5.74) is 1.26. The van der Waals surface area contributed by atoms with Crippen LogP contribution in [0.5, 0.6) is 0 Å². The Morgan fingerprint density at radius 2 is 0.955 bits per heavy atom. The number of anilines is 2. The second-order valence-electron chi connectivity index (χ2n) is 4.83. The standard InChI is InChI=1S/C16H14N2O2S2/c19-13-16(22)18(12-9-5-2-6-10-12)14(20)15(21)17(13)11-7-3-1-4-8-11/h1-10,15-16,21-22H. The summed E-state index contributed by atoms with van der Waals surface area (Å²) in [6.45, 7) is 0. The third kappa shape index (κ3) is 2.48. The van der Waals surface area contributed by atoms with Crippen molar-refractivity contribution in [3.05, 3.63) is 60.7 Å². The minimum atomic E-state index is -0.876. The predicted octanol–water partition coefficient (Wildman–Crippen LogP) is 2.58. The number of benzene rings is 2. The van der Waals surface area contributed by atoms with Crippen molar-refractivity contribution in [1.29, 1.82) is 0 Å². The first-order valence-corrected chi connectivity index (χ1v) is 7.77. The molecule has 1 heterocycles. The summed E-state index contributed by atoms with van der Waals surface area (Å²) < 4.78 is 0. The fraction of sp³-hybridized carbons (Fsp3) is 0.125. The van der Waals surface area contributed by atoms with E-state index in [0.717, 1.165) is 0 Å². The number of rotatable bonds is 2. The Kier molecular flexibility index (Phi) is 4.13. The molecule has 0 N–H and O–H groups in total. The zero-order chi connectivity index (χ0) is 15.7. The molecule has 1 aliphatic rings. The Balaban J connectivity index is 1.99. The third-order valence-corrected chi connectivity index (χ3v) is 4.38. The normalized spacial score (nSPS) is 22.1. The summed E-state index contributed by atoms with van der Waals surface area (Å²) in [6, 6.07) is 18.0. The molecule has 6 heteroatoms. The highest BCUT2D eigenvalue weighted by atomic mass is 32.1. The van der Waals surface area contributed by atoms with Crippen molar-refractivity contribution in [2.24, 2.45) is 0 Å². The lowest BCUT2D eigenvalue weighted by molar-refractivity contribution is -0.127. The molecular weight excluding hydrogens is 316 g/mol. The number of carbonyl (C=O) groups excluding carboxylic acids is 2. The van der Waals surface area contributed by atoms with Gasteiger partial charge in [0.05, 0.1) is 0 Å². The smallest absolute Gasteiger partial charge is 0.261 e. The van der Waals surface area contributed by atoms with Gasteiger partial charge in [0.15, 0.2) is 10.7 Å².